The third-order valence-electron chi connectivity index (χ3n) is 2.24. The summed E-state index contributed by atoms with van der Waals surface area (Å²) in [6.07, 6.45) is 3.10. The summed E-state index contributed by atoms with van der Waals surface area (Å²) in [7, 11) is 0. The fourth-order valence-corrected chi connectivity index (χ4v) is 1.48. The smallest absolute Gasteiger partial charge is 0.320 e. The molecule has 0 radical (unpaired) electrons. The predicted octanol–water partition coefficient (Wildman–Crippen LogP) is 2.33. The number of carbonyl (C=O) groups is 1. The first kappa shape index (κ1) is 14.1. The molecule has 2 amide bonds. The van der Waals surface area contributed by atoms with Gasteiger partial charge in [-0.05, 0) is 18.2 Å². The van der Waals surface area contributed by atoms with Crippen LogP contribution in [0, 0.1) is 0 Å². The number of carbonyl (C=O) groups excluding carboxylic acids is 1. The molecule has 0 bridgehead atoms. The average molecular weight is 293 g/mol. The third-order valence-corrected chi connectivity index (χ3v) is 2.47. The van der Waals surface area contributed by atoms with E-state index < -0.39 is 0 Å². The number of nitrogens with one attached hydrogen (secondary N) is 2. The fourth-order valence-electron chi connectivity index (χ4n) is 1.37. The van der Waals surface area contributed by atoms with E-state index in [0.29, 0.717) is 29.9 Å². The second-order valence-corrected chi connectivity index (χ2v) is 4.20. The van der Waals surface area contributed by atoms with E-state index in [9.17, 15) is 4.79 Å². The molecule has 0 aromatic carbocycles. The molecule has 0 aliphatic rings. The third kappa shape index (κ3) is 4.74. The van der Waals surface area contributed by atoms with Gasteiger partial charge in [-0.3, -0.25) is 5.32 Å². The van der Waals surface area contributed by atoms with Gasteiger partial charge in [-0.25, -0.2) is 14.8 Å². The van der Waals surface area contributed by atoms with Crippen LogP contribution in [0.2, 0.25) is 5.02 Å². The Morgan fingerprint density at radius 1 is 1.25 bits per heavy atom. The van der Waals surface area contributed by atoms with Crippen LogP contribution in [0.25, 0.3) is 0 Å². The minimum atomic E-state index is -0.337. The van der Waals surface area contributed by atoms with Crippen molar-refractivity contribution < 1.29 is 9.53 Å². The number of pyridine rings is 2. The number of aromatic nitrogens is 2. The Bertz CT molecular complexity index is 548. The number of ether oxygens (including phenoxy) is 1. The second kappa shape index (κ2) is 7.30. The lowest BCUT2D eigenvalue weighted by atomic mass is 10.5. The van der Waals surface area contributed by atoms with Crippen molar-refractivity contribution in [3.05, 3.63) is 47.7 Å². The van der Waals surface area contributed by atoms with Crippen molar-refractivity contribution in [3.8, 4) is 5.88 Å². The zero-order valence-electron chi connectivity index (χ0n) is 10.5. The number of anilines is 1. The van der Waals surface area contributed by atoms with E-state index in [1.54, 1.807) is 36.5 Å². The molecule has 0 saturated carbocycles. The minimum absolute atomic E-state index is 0.310. The van der Waals surface area contributed by atoms with Crippen molar-refractivity contribution in [2.24, 2.45) is 0 Å². The summed E-state index contributed by atoms with van der Waals surface area (Å²) in [5, 5.41) is 5.79. The molecule has 104 valence electrons. The highest BCUT2D eigenvalue weighted by Gasteiger charge is 2.01. The van der Waals surface area contributed by atoms with E-state index in [0.717, 1.165) is 0 Å². The summed E-state index contributed by atoms with van der Waals surface area (Å²) in [6.45, 7) is 0.660. The van der Waals surface area contributed by atoms with Gasteiger partial charge in [-0.2, -0.15) is 0 Å². The SMILES string of the molecule is O=C(NCCOc1ccc(Cl)cn1)Nc1ccccn1. The lowest BCUT2D eigenvalue weighted by Gasteiger charge is -2.08. The maximum atomic E-state index is 11.5. The van der Waals surface area contributed by atoms with E-state index in [1.165, 1.54) is 6.20 Å². The summed E-state index contributed by atoms with van der Waals surface area (Å²) in [5.74, 6) is 0.951. The first-order valence-electron chi connectivity index (χ1n) is 5.94. The highest BCUT2D eigenvalue weighted by Crippen LogP contribution is 2.10. The Balaban J connectivity index is 1.66. The molecule has 0 aliphatic heterocycles. The summed E-state index contributed by atoms with van der Waals surface area (Å²) in [5.41, 5.74) is 0. The number of nitrogens with zero attached hydrogens (tertiary/aromatic N) is 2. The maximum absolute atomic E-state index is 11.5. The summed E-state index contributed by atoms with van der Waals surface area (Å²) >= 11 is 5.70. The Hall–Kier alpha value is -2.34. The number of urea groups is 1. The van der Waals surface area contributed by atoms with E-state index in [4.69, 9.17) is 16.3 Å². The van der Waals surface area contributed by atoms with Gasteiger partial charge < -0.3 is 10.1 Å². The van der Waals surface area contributed by atoms with Gasteiger partial charge in [-0.15, -0.1) is 0 Å². The van der Waals surface area contributed by atoms with Crippen LogP contribution in [-0.2, 0) is 0 Å². The van der Waals surface area contributed by atoms with Gasteiger partial charge in [0.1, 0.15) is 12.4 Å². The molecular formula is C13H13ClN4O2. The lowest BCUT2D eigenvalue weighted by molar-refractivity contribution is 0.246. The zero-order valence-corrected chi connectivity index (χ0v) is 11.3. The van der Waals surface area contributed by atoms with E-state index in [2.05, 4.69) is 20.6 Å². The number of hydrogen-bond acceptors (Lipinski definition) is 4. The molecule has 20 heavy (non-hydrogen) atoms. The Labute approximate surface area is 121 Å². The maximum Gasteiger partial charge on any atom is 0.320 e. The molecule has 2 aromatic rings. The molecule has 2 heterocycles. The number of rotatable bonds is 5. The van der Waals surface area contributed by atoms with Crippen LogP contribution in [0.1, 0.15) is 0 Å². The van der Waals surface area contributed by atoms with Gasteiger partial charge in [0.15, 0.2) is 0 Å². The van der Waals surface area contributed by atoms with Crippen molar-refractivity contribution in [3.63, 3.8) is 0 Å². The number of halogens is 1. The van der Waals surface area contributed by atoms with Gasteiger partial charge in [0.05, 0.1) is 11.6 Å². The molecule has 0 spiro atoms. The zero-order chi connectivity index (χ0) is 14.2. The number of amides is 2. The van der Waals surface area contributed by atoms with Crippen LogP contribution in [0.4, 0.5) is 10.6 Å². The molecule has 2 rings (SSSR count). The molecule has 0 atom stereocenters. The Kier molecular flexibility index (Phi) is 5.14. The van der Waals surface area contributed by atoms with Crippen LogP contribution in [-0.4, -0.2) is 29.2 Å². The average Bonchev–Trinajstić information content (AvgIpc) is 2.46. The van der Waals surface area contributed by atoms with Gasteiger partial charge in [0.25, 0.3) is 0 Å². The molecule has 6 nitrogen and oxygen atoms in total. The normalized spacial score (nSPS) is 9.85. The summed E-state index contributed by atoms with van der Waals surface area (Å²) in [6, 6.07) is 8.28. The van der Waals surface area contributed by atoms with Gasteiger partial charge in [0.2, 0.25) is 5.88 Å². The van der Waals surface area contributed by atoms with Crippen molar-refractivity contribution >= 4 is 23.4 Å². The second-order valence-electron chi connectivity index (χ2n) is 3.76. The Morgan fingerprint density at radius 2 is 2.15 bits per heavy atom. The molecule has 7 heteroatoms. The Morgan fingerprint density at radius 3 is 2.85 bits per heavy atom. The standard InChI is InChI=1S/C13H13ClN4O2/c14-10-4-5-12(17-9-10)20-8-7-16-13(19)18-11-3-1-2-6-15-11/h1-6,9H,7-8H2,(H2,15,16,18,19). The summed E-state index contributed by atoms with van der Waals surface area (Å²) in [4.78, 5) is 19.5. The monoisotopic (exact) mass is 292 g/mol. The minimum Gasteiger partial charge on any atom is -0.476 e. The van der Waals surface area contributed by atoms with Crippen molar-refractivity contribution in [1.29, 1.82) is 0 Å². The fraction of sp³-hybridized carbons (Fsp3) is 0.154. The lowest BCUT2D eigenvalue weighted by Crippen LogP contribution is -2.32. The van der Waals surface area contributed by atoms with Crippen LogP contribution in [0.15, 0.2) is 42.7 Å². The van der Waals surface area contributed by atoms with Crippen LogP contribution < -0.4 is 15.4 Å². The molecule has 0 unspecified atom stereocenters. The van der Waals surface area contributed by atoms with E-state index in [-0.39, 0.29) is 6.03 Å². The van der Waals surface area contributed by atoms with Gasteiger partial charge in [-0.1, -0.05) is 17.7 Å². The highest BCUT2D eigenvalue weighted by atomic mass is 35.5. The quantitative estimate of drug-likeness (QED) is 0.829. The largest absolute Gasteiger partial charge is 0.476 e. The molecule has 0 aliphatic carbocycles. The first-order chi connectivity index (χ1) is 9.74. The molecular weight excluding hydrogens is 280 g/mol. The highest BCUT2D eigenvalue weighted by molar-refractivity contribution is 6.30. The van der Waals surface area contributed by atoms with Gasteiger partial charge >= 0.3 is 6.03 Å². The molecule has 0 fully saturated rings. The molecule has 2 aromatic heterocycles. The van der Waals surface area contributed by atoms with Crippen molar-refractivity contribution in [2.45, 2.75) is 0 Å². The first-order valence-corrected chi connectivity index (χ1v) is 6.32. The van der Waals surface area contributed by atoms with E-state index >= 15 is 0 Å². The van der Waals surface area contributed by atoms with Crippen LogP contribution >= 0.6 is 11.6 Å². The van der Waals surface area contributed by atoms with Crippen molar-refractivity contribution in [1.82, 2.24) is 15.3 Å². The predicted molar refractivity (Wildman–Crippen MR) is 76.0 cm³/mol. The van der Waals surface area contributed by atoms with Crippen molar-refractivity contribution in [2.75, 3.05) is 18.5 Å². The molecule has 0 saturated heterocycles. The number of hydrogen-bond donors (Lipinski definition) is 2. The molecule has 2 N–H and O–H groups in total. The topological polar surface area (TPSA) is 76.1 Å². The van der Waals surface area contributed by atoms with Crippen LogP contribution in [0.5, 0.6) is 5.88 Å². The van der Waals surface area contributed by atoms with E-state index in [1.807, 2.05) is 0 Å². The summed E-state index contributed by atoms with van der Waals surface area (Å²) < 4.78 is 5.33. The van der Waals surface area contributed by atoms with Gasteiger partial charge in [0, 0.05) is 18.5 Å². The van der Waals surface area contributed by atoms with Crippen LogP contribution in [0.3, 0.4) is 0 Å².